The van der Waals surface area contributed by atoms with Crippen LogP contribution in [0.25, 0.3) is 0 Å². The molecule has 1 aliphatic heterocycles. The van der Waals surface area contributed by atoms with Crippen LogP contribution in [0.3, 0.4) is 0 Å². The molecule has 1 fully saturated rings. The number of piperazine rings is 1. The summed E-state index contributed by atoms with van der Waals surface area (Å²) in [5.41, 5.74) is 3.47. The van der Waals surface area contributed by atoms with E-state index in [1.165, 1.54) is 11.3 Å². The van der Waals surface area contributed by atoms with Crippen molar-refractivity contribution in [2.24, 2.45) is 0 Å². The Morgan fingerprint density at radius 1 is 0.862 bits per heavy atom. The van der Waals surface area contributed by atoms with Crippen LogP contribution in [0.5, 0.6) is 0 Å². The molecular weight excluding hydrogens is 407 g/mol. The fourth-order valence-corrected chi connectivity index (χ4v) is 5.40. The van der Waals surface area contributed by atoms with Gasteiger partial charge in [-0.15, -0.1) is 0 Å². The summed E-state index contributed by atoms with van der Waals surface area (Å²) in [5.74, 6) is 0. The van der Waals surface area contributed by atoms with Crippen LogP contribution in [0.2, 0.25) is 5.02 Å². The first kappa shape index (κ1) is 22.3. The highest BCUT2D eigenvalue weighted by Crippen LogP contribution is 2.51. The molecule has 0 aliphatic carbocycles. The second kappa shape index (κ2) is 10.6. The van der Waals surface area contributed by atoms with Crippen LogP contribution in [-0.4, -0.2) is 44.3 Å². The summed E-state index contributed by atoms with van der Waals surface area (Å²) in [7, 11) is -3.05. The predicted octanol–water partition coefficient (Wildman–Crippen LogP) is 5.43. The summed E-state index contributed by atoms with van der Waals surface area (Å²) in [4.78, 5) is 4.86. The van der Waals surface area contributed by atoms with Gasteiger partial charge in [0.2, 0.25) is 0 Å². The largest absolute Gasteiger partial charge is 0.369 e. The fourth-order valence-electron chi connectivity index (χ4n) is 3.57. The topological polar surface area (TPSA) is 42.0 Å². The van der Waals surface area contributed by atoms with Gasteiger partial charge >= 0.3 is 7.60 Å². The maximum Gasteiger partial charge on any atom is 0.335 e. The monoisotopic (exact) mass is 436 g/mol. The van der Waals surface area contributed by atoms with Crippen molar-refractivity contribution in [1.29, 1.82) is 0 Å². The molecule has 0 radical (unpaired) electrons. The van der Waals surface area contributed by atoms with Crippen LogP contribution in [-0.2, 0) is 26.3 Å². The second-order valence-corrected chi connectivity index (χ2v) is 9.65. The average Bonchev–Trinajstić information content (AvgIpc) is 2.71. The lowest BCUT2D eigenvalue weighted by Crippen LogP contribution is -2.45. The summed E-state index contributed by atoms with van der Waals surface area (Å²) in [6.45, 7) is 9.42. The number of anilines is 1. The maximum atomic E-state index is 12.7. The lowest BCUT2D eigenvalue weighted by Gasteiger charge is -2.36. The molecule has 1 heterocycles. The van der Waals surface area contributed by atoms with E-state index < -0.39 is 7.60 Å². The SMILES string of the molecule is CCOP(=O)(Cc1ccc(CN2CCN(c3ccc(Cl)cc3)CC2)cc1)OCC. The first-order valence-corrected chi connectivity index (χ1v) is 12.3. The first-order chi connectivity index (χ1) is 14.0. The molecule has 1 saturated heterocycles. The van der Waals surface area contributed by atoms with Gasteiger partial charge in [0.15, 0.2) is 0 Å². The third-order valence-electron chi connectivity index (χ3n) is 5.02. The average molecular weight is 437 g/mol. The van der Waals surface area contributed by atoms with Gasteiger partial charge in [-0.1, -0.05) is 35.9 Å². The van der Waals surface area contributed by atoms with Crippen molar-refractivity contribution in [3.8, 4) is 0 Å². The molecule has 1 aliphatic rings. The third-order valence-corrected chi connectivity index (χ3v) is 7.33. The minimum absolute atomic E-state index is 0.314. The molecule has 0 amide bonds. The minimum atomic E-state index is -3.05. The zero-order chi connectivity index (χ0) is 20.7. The van der Waals surface area contributed by atoms with Crippen LogP contribution >= 0.6 is 19.2 Å². The van der Waals surface area contributed by atoms with Crippen molar-refractivity contribution in [2.45, 2.75) is 26.6 Å². The van der Waals surface area contributed by atoms with Gasteiger partial charge in [-0.25, -0.2) is 0 Å². The Balaban J connectivity index is 1.51. The first-order valence-electron chi connectivity index (χ1n) is 10.2. The van der Waals surface area contributed by atoms with E-state index in [1.54, 1.807) is 0 Å². The highest BCUT2D eigenvalue weighted by Gasteiger charge is 2.24. The van der Waals surface area contributed by atoms with Gasteiger partial charge in [0, 0.05) is 43.4 Å². The van der Waals surface area contributed by atoms with Crippen molar-refractivity contribution in [3.05, 3.63) is 64.7 Å². The molecule has 0 aromatic heterocycles. The lowest BCUT2D eigenvalue weighted by molar-refractivity contribution is 0.219. The molecule has 7 heteroatoms. The normalized spacial score (nSPS) is 15.6. The van der Waals surface area contributed by atoms with Crippen LogP contribution in [0.4, 0.5) is 5.69 Å². The molecule has 0 spiro atoms. The van der Waals surface area contributed by atoms with E-state index in [0.717, 1.165) is 43.3 Å². The third kappa shape index (κ3) is 6.56. The molecule has 158 valence electrons. The molecule has 5 nitrogen and oxygen atoms in total. The van der Waals surface area contributed by atoms with E-state index in [9.17, 15) is 4.57 Å². The summed E-state index contributed by atoms with van der Waals surface area (Å²) in [6, 6.07) is 16.3. The highest BCUT2D eigenvalue weighted by molar-refractivity contribution is 7.53. The van der Waals surface area contributed by atoms with Crippen molar-refractivity contribution >= 4 is 24.9 Å². The zero-order valence-corrected chi connectivity index (χ0v) is 18.9. The quantitative estimate of drug-likeness (QED) is 0.490. The molecule has 0 saturated carbocycles. The van der Waals surface area contributed by atoms with Crippen LogP contribution < -0.4 is 4.90 Å². The standard InChI is InChI=1S/C22H30ClN2O3P/c1-3-27-29(26,28-4-2)18-20-7-5-19(6-8-20)17-24-13-15-25(16-14-24)22-11-9-21(23)10-12-22/h5-12H,3-4,13-18H2,1-2H3. The molecule has 2 aromatic rings. The molecule has 0 atom stereocenters. The molecule has 0 N–H and O–H groups in total. The Hall–Kier alpha value is -1.36. The zero-order valence-electron chi connectivity index (χ0n) is 17.2. The van der Waals surface area contributed by atoms with E-state index in [1.807, 2.05) is 38.1 Å². The number of hydrogen-bond acceptors (Lipinski definition) is 5. The van der Waals surface area contributed by atoms with Crippen LogP contribution in [0, 0.1) is 0 Å². The Labute approximate surface area is 179 Å². The Morgan fingerprint density at radius 2 is 1.41 bits per heavy atom. The summed E-state index contributed by atoms with van der Waals surface area (Å²) in [6.07, 6.45) is 0.314. The minimum Gasteiger partial charge on any atom is -0.369 e. The maximum absolute atomic E-state index is 12.7. The second-order valence-electron chi connectivity index (χ2n) is 7.16. The van der Waals surface area contributed by atoms with Gasteiger partial charge in [0.05, 0.1) is 19.4 Å². The fraction of sp³-hybridized carbons (Fsp3) is 0.455. The van der Waals surface area contributed by atoms with Crippen molar-refractivity contribution in [2.75, 3.05) is 44.3 Å². The number of halogens is 1. The number of nitrogens with zero attached hydrogens (tertiary/aromatic N) is 2. The van der Waals surface area contributed by atoms with E-state index >= 15 is 0 Å². The van der Waals surface area contributed by atoms with E-state index in [2.05, 4.69) is 34.1 Å². The van der Waals surface area contributed by atoms with E-state index in [0.29, 0.717) is 19.4 Å². The highest BCUT2D eigenvalue weighted by atomic mass is 35.5. The number of rotatable bonds is 9. The van der Waals surface area contributed by atoms with Gasteiger partial charge in [-0.2, -0.15) is 0 Å². The molecule has 3 rings (SSSR count). The summed E-state index contributed by atoms with van der Waals surface area (Å²) < 4.78 is 23.5. The number of benzene rings is 2. The Morgan fingerprint density at radius 3 is 1.97 bits per heavy atom. The summed E-state index contributed by atoms with van der Waals surface area (Å²) >= 11 is 5.99. The number of hydrogen-bond donors (Lipinski definition) is 0. The smallest absolute Gasteiger partial charge is 0.335 e. The molecule has 2 aromatic carbocycles. The van der Waals surface area contributed by atoms with Crippen LogP contribution in [0.15, 0.2) is 48.5 Å². The molecule has 0 unspecified atom stereocenters. The van der Waals surface area contributed by atoms with Crippen molar-refractivity contribution < 1.29 is 13.6 Å². The van der Waals surface area contributed by atoms with Gasteiger partial charge in [-0.3, -0.25) is 9.46 Å². The Bertz CT molecular complexity index is 796. The molecule has 0 bridgehead atoms. The van der Waals surface area contributed by atoms with Crippen LogP contribution in [0.1, 0.15) is 25.0 Å². The predicted molar refractivity (Wildman–Crippen MR) is 120 cm³/mol. The Kier molecular flexibility index (Phi) is 8.16. The summed E-state index contributed by atoms with van der Waals surface area (Å²) in [5, 5.41) is 0.773. The van der Waals surface area contributed by atoms with E-state index in [-0.39, 0.29) is 0 Å². The lowest BCUT2D eigenvalue weighted by atomic mass is 10.1. The molecular formula is C22H30ClN2O3P. The van der Waals surface area contributed by atoms with Gasteiger partial charge in [-0.05, 0) is 49.2 Å². The van der Waals surface area contributed by atoms with Gasteiger partial charge in [0.25, 0.3) is 0 Å². The van der Waals surface area contributed by atoms with Crippen molar-refractivity contribution in [3.63, 3.8) is 0 Å². The molecule has 29 heavy (non-hydrogen) atoms. The van der Waals surface area contributed by atoms with Gasteiger partial charge in [0.1, 0.15) is 0 Å². The van der Waals surface area contributed by atoms with E-state index in [4.69, 9.17) is 20.6 Å². The van der Waals surface area contributed by atoms with Gasteiger partial charge < -0.3 is 13.9 Å². The van der Waals surface area contributed by atoms with Crippen molar-refractivity contribution in [1.82, 2.24) is 4.90 Å².